The van der Waals surface area contributed by atoms with Gasteiger partial charge >= 0.3 is 12.0 Å². The van der Waals surface area contributed by atoms with E-state index >= 15 is 0 Å². The first-order valence-electron chi connectivity index (χ1n) is 5.95. The molecule has 96 valence electrons. The molecule has 0 aromatic heterocycles. The molecule has 1 fully saturated rings. The summed E-state index contributed by atoms with van der Waals surface area (Å²) in [7, 11) is 0. The van der Waals surface area contributed by atoms with Crippen LogP contribution in [0.3, 0.4) is 0 Å². The molecule has 0 bridgehead atoms. The van der Waals surface area contributed by atoms with Crippen LogP contribution < -0.4 is 10.6 Å². The molecule has 1 aliphatic carbocycles. The minimum atomic E-state index is -1.05. The molecule has 0 aliphatic heterocycles. The van der Waals surface area contributed by atoms with Gasteiger partial charge in [-0.3, -0.25) is 0 Å². The summed E-state index contributed by atoms with van der Waals surface area (Å²) in [4.78, 5) is 22.7. The van der Waals surface area contributed by atoms with Gasteiger partial charge in [0, 0.05) is 6.54 Å². The number of rotatable bonds is 4. The summed E-state index contributed by atoms with van der Waals surface area (Å²) in [6, 6.07) is 4.56. The number of nitrogens with one attached hydrogen (secondary N) is 2. The van der Waals surface area contributed by atoms with Crippen LogP contribution in [0.25, 0.3) is 0 Å². The molecule has 2 rings (SSSR count). The van der Waals surface area contributed by atoms with Crippen LogP contribution in [0.5, 0.6) is 0 Å². The van der Waals surface area contributed by atoms with Crippen LogP contribution in [-0.2, 0) is 0 Å². The van der Waals surface area contributed by atoms with E-state index in [1.54, 1.807) is 19.1 Å². The number of para-hydroxylation sites is 1. The molecule has 3 N–H and O–H groups in total. The van der Waals surface area contributed by atoms with E-state index in [1.165, 1.54) is 6.07 Å². The molecule has 0 saturated heterocycles. The Morgan fingerprint density at radius 2 is 2.11 bits per heavy atom. The number of hydrogen-bond donors (Lipinski definition) is 3. The van der Waals surface area contributed by atoms with E-state index in [0.717, 1.165) is 18.4 Å². The van der Waals surface area contributed by atoms with E-state index in [2.05, 4.69) is 10.6 Å². The molecule has 0 radical (unpaired) electrons. The number of amides is 2. The van der Waals surface area contributed by atoms with E-state index in [-0.39, 0.29) is 11.6 Å². The lowest BCUT2D eigenvalue weighted by Crippen LogP contribution is -2.31. The Kier molecular flexibility index (Phi) is 3.50. The first-order valence-corrected chi connectivity index (χ1v) is 5.95. The minimum absolute atomic E-state index is 0.108. The molecule has 1 saturated carbocycles. The summed E-state index contributed by atoms with van der Waals surface area (Å²) in [5.74, 6) is -0.456. The SMILES string of the molecule is Cc1cccc(C(=O)O)c1NC(=O)NCC1CC1. The van der Waals surface area contributed by atoms with Gasteiger partial charge in [-0.05, 0) is 37.3 Å². The van der Waals surface area contributed by atoms with Crippen LogP contribution in [0, 0.1) is 12.8 Å². The van der Waals surface area contributed by atoms with Crippen molar-refractivity contribution >= 4 is 17.7 Å². The second-order valence-electron chi connectivity index (χ2n) is 4.58. The number of hydrogen-bond acceptors (Lipinski definition) is 2. The maximum atomic E-state index is 11.7. The zero-order chi connectivity index (χ0) is 13.1. The van der Waals surface area contributed by atoms with Crippen molar-refractivity contribution in [3.63, 3.8) is 0 Å². The van der Waals surface area contributed by atoms with Gasteiger partial charge in [0.2, 0.25) is 0 Å². The second kappa shape index (κ2) is 5.08. The summed E-state index contributed by atoms with van der Waals surface area (Å²) < 4.78 is 0. The molecule has 1 aromatic carbocycles. The fraction of sp³-hybridized carbons (Fsp3) is 0.385. The molecule has 1 aliphatic rings. The number of anilines is 1. The van der Waals surface area contributed by atoms with Gasteiger partial charge in [-0.2, -0.15) is 0 Å². The van der Waals surface area contributed by atoms with Crippen molar-refractivity contribution in [3.8, 4) is 0 Å². The fourth-order valence-electron chi connectivity index (χ4n) is 1.73. The van der Waals surface area contributed by atoms with Crippen LogP contribution in [0.15, 0.2) is 18.2 Å². The third-order valence-corrected chi connectivity index (χ3v) is 2.99. The van der Waals surface area contributed by atoms with Crippen LogP contribution in [0.4, 0.5) is 10.5 Å². The predicted molar refractivity (Wildman–Crippen MR) is 67.9 cm³/mol. The molecular formula is C13H16N2O3. The maximum Gasteiger partial charge on any atom is 0.337 e. The topological polar surface area (TPSA) is 78.4 Å². The van der Waals surface area contributed by atoms with E-state index in [9.17, 15) is 9.59 Å². The Labute approximate surface area is 105 Å². The Balaban J connectivity index is 2.06. The highest BCUT2D eigenvalue weighted by molar-refractivity contribution is 6.00. The van der Waals surface area contributed by atoms with Gasteiger partial charge in [-0.1, -0.05) is 12.1 Å². The number of aryl methyl sites for hydroxylation is 1. The molecule has 0 spiro atoms. The fourth-order valence-corrected chi connectivity index (χ4v) is 1.73. The predicted octanol–water partition coefficient (Wildman–Crippen LogP) is 2.22. The standard InChI is InChI=1S/C13H16N2O3/c1-8-3-2-4-10(12(16)17)11(8)15-13(18)14-7-9-5-6-9/h2-4,9H,5-7H2,1H3,(H,16,17)(H2,14,15,18). The molecular weight excluding hydrogens is 232 g/mol. The summed E-state index contributed by atoms with van der Waals surface area (Å²) in [6.07, 6.45) is 2.32. The van der Waals surface area contributed by atoms with Crippen molar-refractivity contribution in [1.82, 2.24) is 5.32 Å². The zero-order valence-electron chi connectivity index (χ0n) is 10.2. The molecule has 1 aromatic rings. The molecule has 0 unspecified atom stereocenters. The third kappa shape index (κ3) is 3.00. The van der Waals surface area contributed by atoms with Crippen molar-refractivity contribution in [2.75, 3.05) is 11.9 Å². The average Bonchev–Trinajstić information content (AvgIpc) is 3.12. The van der Waals surface area contributed by atoms with E-state index < -0.39 is 5.97 Å². The highest BCUT2D eigenvalue weighted by Gasteiger charge is 2.22. The Bertz CT molecular complexity index is 481. The summed E-state index contributed by atoms with van der Waals surface area (Å²) in [6.45, 7) is 2.42. The lowest BCUT2D eigenvalue weighted by Gasteiger charge is -2.12. The highest BCUT2D eigenvalue weighted by Crippen LogP contribution is 2.27. The van der Waals surface area contributed by atoms with Gasteiger partial charge in [-0.15, -0.1) is 0 Å². The largest absolute Gasteiger partial charge is 0.478 e. The van der Waals surface area contributed by atoms with Gasteiger partial charge in [-0.25, -0.2) is 9.59 Å². The monoisotopic (exact) mass is 248 g/mol. The molecule has 0 atom stereocenters. The summed E-state index contributed by atoms with van der Waals surface area (Å²) in [5, 5.41) is 14.4. The smallest absolute Gasteiger partial charge is 0.337 e. The Morgan fingerprint density at radius 1 is 1.39 bits per heavy atom. The number of urea groups is 1. The third-order valence-electron chi connectivity index (χ3n) is 2.99. The van der Waals surface area contributed by atoms with Gasteiger partial charge in [0.1, 0.15) is 0 Å². The van der Waals surface area contributed by atoms with Gasteiger partial charge in [0.25, 0.3) is 0 Å². The van der Waals surface area contributed by atoms with E-state index in [4.69, 9.17) is 5.11 Å². The number of carbonyl (C=O) groups is 2. The van der Waals surface area contributed by atoms with Crippen molar-refractivity contribution in [3.05, 3.63) is 29.3 Å². The van der Waals surface area contributed by atoms with Crippen molar-refractivity contribution < 1.29 is 14.7 Å². The number of carboxylic acid groups (broad SMARTS) is 1. The first-order chi connectivity index (χ1) is 8.58. The van der Waals surface area contributed by atoms with Crippen LogP contribution in [0.1, 0.15) is 28.8 Å². The lowest BCUT2D eigenvalue weighted by molar-refractivity contribution is 0.0698. The van der Waals surface area contributed by atoms with Crippen molar-refractivity contribution in [2.24, 2.45) is 5.92 Å². The molecule has 0 heterocycles. The Hall–Kier alpha value is -2.04. The first kappa shape index (κ1) is 12.4. The van der Waals surface area contributed by atoms with Crippen LogP contribution in [-0.4, -0.2) is 23.7 Å². The Morgan fingerprint density at radius 3 is 2.72 bits per heavy atom. The molecule has 5 heteroatoms. The highest BCUT2D eigenvalue weighted by atomic mass is 16.4. The number of carbonyl (C=O) groups excluding carboxylic acids is 1. The second-order valence-corrected chi connectivity index (χ2v) is 4.58. The van der Waals surface area contributed by atoms with Crippen molar-refractivity contribution in [2.45, 2.75) is 19.8 Å². The number of benzene rings is 1. The van der Waals surface area contributed by atoms with Crippen molar-refractivity contribution in [1.29, 1.82) is 0 Å². The summed E-state index contributed by atoms with van der Waals surface area (Å²) in [5.41, 5.74) is 1.20. The number of carboxylic acids is 1. The number of aromatic carboxylic acids is 1. The van der Waals surface area contributed by atoms with Gasteiger partial charge in [0.05, 0.1) is 11.3 Å². The summed E-state index contributed by atoms with van der Waals surface area (Å²) >= 11 is 0. The minimum Gasteiger partial charge on any atom is -0.478 e. The van der Waals surface area contributed by atoms with Crippen LogP contribution in [0.2, 0.25) is 0 Å². The quantitative estimate of drug-likeness (QED) is 0.764. The molecule has 18 heavy (non-hydrogen) atoms. The molecule has 5 nitrogen and oxygen atoms in total. The van der Waals surface area contributed by atoms with Gasteiger partial charge < -0.3 is 15.7 Å². The van der Waals surface area contributed by atoms with E-state index in [1.807, 2.05) is 0 Å². The average molecular weight is 248 g/mol. The van der Waals surface area contributed by atoms with Crippen LogP contribution >= 0.6 is 0 Å². The zero-order valence-corrected chi connectivity index (χ0v) is 10.2. The molecule has 2 amide bonds. The van der Waals surface area contributed by atoms with E-state index in [0.29, 0.717) is 18.2 Å². The normalized spacial score (nSPS) is 14.1. The van der Waals surface area contributed by atoms with Gasteiger partial charge in [0.15, 0.2) is 0 Å². The lowest BCUT2D eigenvalue weighted by atomic mass is 10.1. The maximum absolute atomic E-state index is 11.7.